The number of carbonyl (C=O) groups is 1. The molecule has 1 aromatic rings. The molecule has 2 bridgehead atoms. The molecule has 0 saturated heterocycles. The molecule has 3 aliphatic rings. The Morgan fingerprint density at radius 3 is 2.52 bits per heavy atom. The van der Waals surface area contributed by atoms with E-state index in [2.05, 4.69) is 17.4 Å². The van der Waals surface area contributed by atoms with Crippen molar-refractivity contribution >= 4 is 5.91 Å². The summed E-state index contributed by atoms with van der Waals surface area (Å²) in [6.45, 7) is 0.306. The molecule has 1 amide bonds. The van der Waals surface area contributed by atoms with Gasteiger partial charge in [0.05, 0.1) is 17.8 Å². The molecule has 0 spiro atoms. The van der Waals surface area contributed by atoms with Gasteiger partial charge in [-0.15, -0.1) is 0 Å². The Kier molecular flexibility index (Phi) is 5.67. The fraction of sp³-hybridized carbons (Fsp3) is 0.609. The van der Waals surface area contributed by atoms with Crippen molar-refractivity contribution in [3.8, 4) is 5.75 Å². The van der Waals surface area contributed by atoms with Gasteiger partial charge in [-0.05, 0) is 68.1 Å². The fourth-order valence-corrected chi connectivity index (χ4v) is 5.34. The highest BCUT2D eigenvalue weighted by Gasteiger charge is 2.58. The number of benzene rings is 1. The highest BCUT2D eigenvalue weighted by molar-refractivity contribution is 5.84. The second-order valence-corrected chi connectivity index (χ2v) is 9.02. The predicted octanol–water partition coefficient (Wildman–Crippen LogP) is 3.37. The number of rotatable bonds is 8. The van der Waals surface area contributed by atoms with E-state index in [1.165, 1.54) is 5.56 Å². The lowest BCUT2D eigenvalue weighted by atomic mass is 9.77. The molecule has 0 aromatic heterocycles. The third kappa shape index (κ3) is 3.80. The molecule has 5 nitrogen and oxygen atoms in total. The second-order valence-electron chi connectivity index (χ2n) is 9.02. The third-order valence-electron chi connectivity index (χ3n) is 7.39. The second kappa shape index (κ2) is 8.07. The van der Waals surface area contributed by atoms with Gasteiger partial charge >= 0.3 is 0 Å². The van der Waals surface area contributed by atoms with Gasteiger partial charge in [0.25, 0.3) is 0 Å². The normalized spacial score (nSPS) is 33.4. The molecule has 6 heteroatoms. The first-order chi connectivity index (χ1) is 14.0. The van der Waals surface area contributed by atoms with E-state index in [-0.39, 0.29) is 35.9 Å². The van der Waals surface area contributed by atoms with Crippen LogP contribution in [-0.4, -0.2) is 38.3 Å². The van der Waals surface area contributed by atoms with E-state index in [9.17, 15) is 9.18 Å². The van der Waals surface area contributed by atoms with E-state index < -0.39 is 0 Å². The Hall–Kier alpha value is -1.92. The maximum Gasteiger partial charge on any atom is 0.226 e. The number of hydrogen-bond acceptors (Lipinski definition) is 4. The summed E-state index contributed by atoms with van der Waals surface area (Å²) < 4.78 is 23.6. The average Bonchev–Trinajstić information content (AvgIpc) is 3.30. The van der Waals surface area contributed by atoms with Crippen LogP contribution in [0.25, 0.3) is 0 Å². The Morgan fingerprint density at radius 1 is 1.24 bits per heavy atom. The van der Waals surface area contributed by atoms with E-state index >= 15 is 0 Å². The molecule has 1 aromatic carbocycles. The van der Waals surface area contributed by atoms with E-state index in [1.807, 2.05) is 12.1 Å². The highest BCUT2D eigenvalue weighted by Crippen LogP contribution is 2.62. The summed E-state index contributed by atoms with van der Waals surface area (Å²) in [6.07, 6.45) is 7.59. The Bertz CT molecular complexity index is 763. The van der Waals surface area contributed by atoms with Crippen LogP contribution in [0.15, 0.2) is 36.2 Å². The first-order valence-electron chi connectivity index (χ1n) is 10.6. The molecule has 3 N–H and O–H groups in total. The zero-order chi connectivity index (χ0) is 20.5. The van der Waals surface area contributed by atoms with E-state index in [0.29, 0.717) is 23.8 Å². The predicted molar refractivity (Wildman–Crippen MR) is 109 cm³/mol. The fourth-order valence-electron chi connectivity index (χ4n) is 5.34. The van der Waals surface area contributed by atoms with Crippen molar-refractivity contribution in [1.29, 1.82) is 0 Å². The third-order valence-corrected chi connectivity index (χ3v) is 7.39. The van der Waals surface area contributed by atoms with Gasteiger partial charge in [-0.1, -0.05) is 12.1 Å². The number of amides is 1. The SMILES string of the molecule is COC1CC(NC(=O)C23CCC(c4ccc(OC/C(=C/F)CN)cc4)(CC2)C3)C1. The Balaban J connectivity index is 1.37. The van der Waals surface area contributed by atoms with Gasteiger partial charge in [-0.2, -0.15) is 0 Å². The van der Waals surface area contributed by atoms with Crippen LogP contribution in [0.3, 0.4) is 0 Å². The van der Waals surface area contributed by atoms with Gasteiger partial charge in [0, 0.05) is 25.3 Å². The van der Waals surface area contributed by atoms with Gasteiger partial charge in [0.2, 0.25) is 5.91 Å². The van der Waals surface area contributed by atoms with E-state index in [4.69, 9.17) is 15.2 Å². The molecule has 0 atom stereocenters. The molecule has 4 rings (SSSR count). The van der Waals surface area contributed by atoms with Crippen molar-refractivity contribution in [2.24, 2.45) is 11.1 Å². The van der Waals surface area contributed by atoms with E-state index in [0.717, 1.165) is 44.9 Å². The summed E-state index contributed by atoms with van der Waals surface area (Å²) >= 11 is 0. The van der Waals surface area contributed by atoms with Crippen LogP contribution in [0.1, 0.15) is 50.5 Å². The van der Waals surface area contributed by atoms with Crippen molar-refractivity contribution in [3.05, 3.63) is 41.7 Å². The van der Waals surface area contributed by atoms with Gasteiger partial charge < -0.3 is 20.5 Å². The molecule has 29 heavy (non-hydrogen) atoms. The topological polar surface area (TPSA) is 73.6 Å². The first-order valence-corrected chi connectivity index (χ1v) is 10.6. The van der Waals surface area contributed by atoms with Crippen molar-refractivity contribution in [3.63, 3.8) is 0 Å². The summed E-state index contributed by atoms with van der Waals surface area (Å²) in [5.41, 5.74) is 7.04. The highest BCUT2D eigenvalue weighted by atomic mass is 19.1. The van der Waals surface area contributed by atoms with Crippen LogP contribution in [0.5, 0.6) is 5.75 Å². The number of methoxy groups -OCH3 is 1. The van der Waals surface area contributed by atoms with Crippen LogP contribution in [0.2, 0.25) is 0 Å². The zero-order valence-corrected chi connectivity index (χ0v) is 17.1. The van der Waals surface area contributed by atoms with E-state index in [1.54, 1.807) is 7.11 Å². The molecule has 0 aliphatic heterocycles. The lowest BCUT2D eigenvalue weighted by Crippen LogP contribution is -2.51. The summed E-state index contributed by atoms with van der Waals surface area (Å²) in [5.74, 6) is 0.944. The van der Waals surface area contributed by atoms with Crippen LogP contribution in [0, 0.1) is 5.41 Å². The van der Waals surface area contributed by atoms with Crippen molar-refractivity contribution < 1.29 is 18.7 Å². The number of nitrogens with two attached hydrogens (primary N) is 1. The number of hydrogen-bond donors (Lipinski definition) is 2. The molecule has 3 aliphatic carbocycles. The first kappa shape index (κ1) is 20.4. The molecular weight excluding hydrogens is 371 g/mol. The van der Waals surface area contributed by atoms with Crippen molar-refractivity contribution in [1.82, 2.24) is 5.32 Å². The van der Waals surface area contributed by atoms with Crippen LogP contribution in [-0.2, 0) is 14.9 Å². The number of carbonyl (C=O) groups excluding carboxylic acids is 1. The van der Waals surface area contributed by atoms with Crippen LogP contribution >= 0.6 is 0 Å². The smallest absolute Gasteiger partial charge is 0.226 e. The number of halogens is 1. The zero-order valence-electron chi connectivity index (χ0n) is 17.1. The van der Waals surface area contributed by atoms with Crippen molar-refractivity contribution in [2.75, 3.05) is 20.3 Å². The molecule has 0 heterocycles. The Labute approximate surface area is 171 Å². The minimum Gasteiger partial charge on any atom is -0.489 e. The average molecular weight is 403 g/mol. The lowest BCUT2D eigenvalue weighted by Gasteiger charge is -2.37. The number of ether oxygens (including phenoxy) is 2. The minimum atomic E-state index is -0.213. The minimum absolute atomic E-state index is 0.0891. The standard InChI is InChI=1S/C23H31FN2O3/c1-28-20-10-18(11-20)26-21(27)23-8-6-22(15-23,7-9-23)17-2-4-19(5-3-17)29-14-16(12-24)13-25/h2-5,12,18,20H,6-11,13-15,25H2,1H3,(H,26,27)/b16-12+. The molecule has 3 fully saturated rings. The molecule has 0 radical (unpaired) electrons. The summed E-state index contributed by atoms with van der Waals surface area (Å²) in [5, 5.41) is 3.27. The molecule has 158 valence electrons. The molecular formula is C23H31FN2O3. The maximum atomic E-state index is 13.0. The molecule has 0 unspecified atom stereocenters. The van der Waals surface area contributed by atoms with Gasteiger partial charge in [0.15, 0.2) is 0 Å². The number of fused-ring (bicyclic) bond motifs is 2. The van der Waals surface area contributed by atoms with Gasteiger partial charge in [-0.3, -0.25) is 4.79 Å². The van der Waals surface area contributed by atoms with Gasteiger partial charge in [0.1, 0.15) is 12.4 Å². The van der Waals surface area contributed by atoms with Crippen LogP contribution < -0.4 is 15.8 Å². The largest absolute Gasteiger partial charge is 0.489 e. The summed E-state index contributed by atoms with van der Waals surface area (Å²) in [4.78, 5) is 13.0. The molecule has 3 saturated carbocycles. The summed E-state index contributed by atoms with van der Waals surface area (Å²) in [7, 11) is 1.73. The lowest BCUT2D eigenvalue weighted by molar-refractivity contribution is -0.133. The summed E-state index contributed by atoms with van der Waals surface area (Å²) in [6, 6.07) is 8.35. The quantitative estimate of drug-likeness (QED) is 0.699. The van der Waals surface area contributed by atoms with Gasteiger partial charge in [-0.25, -0.2) is 4.39 Å². The van der Waals surface area contributed by atoms with Crippen molar-refractivity contribution in [2.45, 2.75) is 62.5 Å². The monoisotopic (exact) mass is 402 g/mol. The maximum absolute atomic E-state index is 13.0. The number of nitrogens with one attached hydrogen (secondary N) is 1. The Morgan fingerprint density at radius 2 is 1.93 bits per heavy atom. The van der Waals surface area contributed by atoms with Crippen LogP contribution in [0.4, 0.5) is 4.39 Å².